The molecule has 1 amide bonds. The normalized spacial score (nSPS) is 14.9. The summed E-state index contributed by atoms with van der Waals surface area (Å²) in [4.78, 5) is 21.1. The van der Waals surface area contributed by atoms with Gasteiger partial charge in [-0.25, -0.2) is 0 Å². The zero-order chi connectivity index (χ0) is 26.6. The summed E-state index contributed by atoms with van der Waals surface area (Å²) in [5.74, 6) is 1.44. The van der Waals surface area contributed by atoms with E-state index in [0.29, 0.717) is 18.0 Å². The fourth-order valence-electron chi connectivity index (χ4n) is 4.59. The van der Waals surface area contributed by atoms with Gasteiger partial charge in [-0.2, -0.15) is 0 Å². The number of amides is 1. The van der Waals surface area contributed by atoms with Crippen molar-refractivity contribution < 1.29 is 14.3 Å². The summed E-state index contributed by atoms with van der Waals surface area (Å²) < 4.78 is 11.6. The Morgan fingerprint density at radius 1 is 0.868 bits per heavy atom. The van der Waals surface area contributed by atoms with E-state index in [1.165, 1.54) is 0 Å². The Morgan fingerprint density at radius 3 is 2.21 bits per heavy atom. The van der Waals surface area contributed by atoms with Gasteiger partial charge in [0.2, 0.25) is 0 Å². The first-order valence-electron chi connectivity index (χ1n) is 12.2. The van der Waals surface area contributed by atoms with E-state index in [-0.39, 0.29) is 5.91 Å². The smallest absolute Gasteiger partial charge is 0.252 e. The largest absolute Gasteiger partial charge is 0.497 e. The Kier molecular flexibility index (Phi) is 7.82. The van der Waals surface area contributed by atoms with E-state index in [9.17, 15) is 4.79 Å². The zero-order valence-electron chi connectivity index (χ0n) is 21.0. The van der Waals surface area contributed by atoms with E-state index in [2.05, 4.69) is 15.9 Å². The van der Waals surface area contributed by atoms with Crippen molar-refractivity contribution in [3.63, 3.8) is 0 Å². The van der Waals surface area contributed by atoms with Crippen molar-refractivity contribution >= 4 is 44.8 Å². The molecule has 0 aromatic heterocycles. The predicted molar refractivity (Wildman–Crippen MR) is 156 cm³/mol. The number of anilines is 1. The first-order valence-corrected chi connectivity index (χ1v) is 13.3. The minimum Gasteiger partial charge on any atom is -0.497 e. The highest BCUT2D eigenvalue weighted by Gasteiger charge is 2.32. The maximum Gasteiger partial charge on any atom is 0.252 e. The SMILES string of the molecule is COc1ccc(CN2C(=O)C(Cc3cccc(Br)c3)N=C(c3ccc(OC)cc3)c3cc(Cl)ccc32)cc1. The number of benzodiazepines with no additional fused rings is 1. The third-order valence-electron chi connectivity index (χ3n) is 6.52. The number of methoxy groups -OCH3 is 2. The zero-order valence-corrected chi connectivity index (χ0v) is 23.4. The molecular formula is C31H26BrClN2O3. The summed E-state index contributed by atoms with van der Waals surface area (Å²) in [5.41, 5.74) is 5.17. The second-order valence-electron chi connectivity index (χ2n) is 8.99. The molecule has 0 N–H and O–H groups in total. The monoisotopic (exact) mass is 588 g/mol. The van der Waals surface area contributed by atoms with Crippen LogP contribution in [0, 0.1) is 0 Å². The lowest BCUT2D eigenvalue weighted by atomic mass is 9.99. The molecule has 1 heterocycles. The molecule has 38 heavy (non-hydrogen) atoms. The van der Waals surface area contributed by atoms with Crippen LogP contribution in [0.5, 0.6) is 11.5 Å². The van der Waals surface area contributed by atoms with Gasteiger partial charge in [0.15, 0.2) is 0 Å². The molecule has 0 saturated heterocycles. The Bertz CT molecular complexity index is 1490. The highest BCUT2D eigenvalue weighted by molar-refractivity contribution is 9.10. The molecule has 4 aromatic rings. The molecule has 0 radical (unpaired) electrons. The van der Waals surface area contributed by atoms with E-state index in [1.54, 1.807) is 14.2 Å². The van der Waals surface area contributed by atoms with E-state index in [1.807, 2.05) is 95.9 Å². The van der Waals surface area contributed by atoms with Crippen molar-refractivity contribution in [3.05, 3.63) is 123 Å². The van der Waals surface area contributed by atoms with Gasteiger partial charge in [-0.3, -0.25) is 9.79 Å². The fourth-order valence-corrected chi connectivity index (χ4v) is 5.21. The predicted octanol–water partition coefficient (Wildman–Crippen LogP) is 7.12. The van der Waals surface area contributed by atoms with Gasteiger partial charge >= 0.3 is 0 Å². The first-order chi connectivity index (χ1) is 18.4. The van der Waals surface area contributed by atoms with Crippen LogP contribution in [0.2, 0.25) is 5.02 Å². The molecule has 7 heteroatoms. The summed E-state index contributed by atoms with van der Waals surface area (Å²) in [7, 11) is 3.27. The Morgan fingerprint density at radius 2 is 1.55 bits per heavy atom. The standard InChI is InChI=1S/C31H26BrClN2O3/c1-37-25-11-6-20(7-12-25)19-35-29-15-10-24(33)18-27(29)30(22-8-13-26(38-2)14-9-22)34-28(31(35)36)17-21-4-3-5-23(32)16-21/h3-16,18,28H,17,19H2,1-2H3. The lowest BCUT2D eigenvalue weighted by molar-refractivity contribution is -0.119. The summed E-state index contributed by atoms with van der Waals surface area (Å²) in [6.07, 6.45) is 0.457. The molecule has 5 nitrogen and oxygen atoms in total. The van der Waals surface area contributed by atoms with E-state index in [4.69, 9.17) is 26.1 Å². The van der Waals surface area contributed by atoms with E-state index in [0.717, 1.165) is 49.6 Å². The number of fused-ring (bicyclic) bond motifs is 1. The number of benzene rings is 4. The van der Waals surface area contributed by atoms with Crippen molar-refractivity contribution in [1.82, 2.24) is 0 Å². The number of aliphatic imine (C=N–C) groups is 1. The van der Waals surface area contributed by atoms with E-state index >= 15 is 0 Å². The molecular weight excluding hydrogens is 564 g/mol. The summed E-state index contributed by atoms with van der Waals surface area (Å²) in [5, 5.41) is 0.576. The number of halogens is 2. The van der Waals surface area contributed by atoms with Crippen molar-refractivity contribution in [2.75, 3.05) is 19.1 Å². The van der Waals surface area contributed by atoms with Crippen LogP contribution in [0.1, 0.15) is 22.3 Å². The van der Waals surface area contributed by atoms with Gasteiger partial charge in [-0.1, -0.05) is 51.8 Å². The number of ether oxygens (including phenoxy) is 2. The molecule has 1 aliphatic rings. The van der Waals surface area contributed by atoms with Gasteiger partial charge in [0.25, 0.3) is 5.91 Å². The van der Waals surface area contributed by atoms with Crippen molar-refractivity contribution in [2.45, 2.75) is 19.0 Å². The molecule has 0 saturated carbocycles. The maximum absolute atomic E-state index is 14.2. The van der Waals surface area contributed by atoms with Crippen LogP contribution < -0.4 is 14.4 Å². The molecule has 0 fully saturated rings. The van der Waals surface area contributed by atoms with Gasteiger partial charge in [0.1, 0.15) is 17.5 Å². The van der Waals surface area contributed by atoms with Gasteiger partial charge in [-0.15, -0.1) is 0 Å². The molecule has 1 atom stereocenters. The molecule has 192 valence electrons. The van der Waals surface area contributed by atoms with Crippen LogP contribution in [-0.2, 0) is 17.8 Å². The van der Waals surface area contributed by atoms with Gasteiger partial charge in [0.05, 0.1) is 32.2 Å². The third-order valence-corrected chi connectivity index (χ3v) is 7.25. The average Bonchev–Trinajstić information content (AvgIpc) is 3.04. The number of rotatable bonds is 7. The highest BCUT2D eigenvalue weighted by atomic mass is 79.9. The van der Waals surface area contributed by atoms with Crippen LogP contribution in [0.25, 0.3) is 0 Å². The number of hydrogen-bond donors (Lipinski definition) is 0. The van der Waals surface area contributed by atoms with Gasteiger partial charge in [-0.05, 0) is 77.9 Å². The maximum atomic E-state index is 14.2. The quantitative estimate of drug-likeness (QED) is 0.231. The van der Waals surface area contributed by atoms with Crippen molar-refractivity contribution in [1.29, 1.82) is 0 Å². The average molecular weight is 590 g/mol. The van der Waals surface area contributed by atoms with Crippen LogP contribution in [0.4, 0.5) is 5.69 Å². The van der Waals surface area contributed by atoms with E-state index < -0.39 is 6.04 Å². The topological polar surface area (TPSA) is 51.1 Å². The van der Waals surface area contributed by atoms with Crippen molar-refractivity contribution in [2.24, 2.45) is 4.99 Å². The molecule has 0 bridgehead atoms. The third kappa shape index (κ3) is 5.62. The van der Waals surface area contributed by atoms with Crippen LogP contribution in [0.15, 0.2) is 100 Å². The minimum atomic E-state index is -0.633. The Balaban J connectivity index is 1.64. The summed E-state index contributed by atoms with van der Waals surface area (Å²) in [6, 6.07) is 28.4. The molecule has 0 spiro atoms. The number of nitrogens with zero attached hydrogens (tertiary/aromatic N) is 2. The molecule has 1 unspecified atom stereocenters. The lowest BCUT2D eigenvalue weighted by Gasteiger charge is -2.26. The summed E-state index contributed by atoms with van der Waals surface area (Å²) in [6.45, 7) is 0.387. The highest BCUT2D eigenvalue weighted by Crippen LogP contribution is 2.33. The van der Waals surface area contributed by atoms with Crippen LogP contribution in [-0.4, -0.2) is 31.9 Å². The number of carbonyl (C=O) groups excluding carboxylic acids is 1. The Hall–Kier alpha value is -3.61. The fraction of sp³-hybridized carbons (Fsp3) is 0.161. The Labute approximate surface area is 235 Å². The molecule has 5 rings (SSSR count). The second kappa shape index (κ2) is 11.4. The minimum absolute atomic E-state index is 0.0760. The summed E-state index contributed by atoms with van der Waals surface area (Å²) >= 11 is 10.0. The van der Waals surface area contributed by atoms with Gasteiger partial charge in [0, 0.05) is 27.0 Å². The number of carbonyl (C=O) groups is 1. The van der Waals surface area contributed by atoms with Crippen LogP contribution in [0.3, 0.4) is 0 Å². The van der Waals surface area contributed by atoms with Gasteiger partial charge < -0.3 is 14.4 Å². The number of hydrogen-bond acceptors (Lipinski definition) is 4. The second-order valence-corrected chi connectivity index (χ2v) is 10.3. The van der Waals surface area contributed by atoms with Crippen molar-refractivity contribution in [3.8, 4) is 11.5 Å². The molecule has 0 aliphatic carbocycles. The van der Waals surface area contributed by atoms with Crippen LogP contribution >= 0.6 is 27.5 Å². The molecule has 1 aliphatic heterocycles. The lowest BCUT2D eigenvalue weighted by Crippen LogP contribution is -2.38. The first kappa shape index (κ1) is 26.0. The molecule has 4 aromatic carbocycles.